The highest BCUT2D eigenvalue weighted by Crippen LogP contribution is 2.41. The first kappa shape index (κ1) is 7.74. The Balaban J connectivity index is 2.11. The predicted molar refractivity (Wildman–Crippen MR) is 43.7 cm³/mol. The summed E-state index contributed by atoms with van der Waals surface area (Å²) < 4.78 is 5.16. The molecule has 1 aliphatic heterocycles. The monoisotopic (exact) mass is 181 g/mol. The first-order chi connectivity index (χ1) is 5.85. The Labute approximate surface area is 73.8 Å². The fourth-order valence-electron chi connectivity index (χ4n) is 1.09. The van der Waals surface area contributed by atoms with Crippen molar-refractivity contribution in [1.29, 1.82) is 5.26 Å². The minimum absolute atomic E-state index is 0.0297. The van der Waals surface area contributed by atoms with Gasteiger partial charge in [0.1, 0.15) is 18.3 Å². The van der Waals surface area contributed by atoms with Crippen molar-refractivity contribution >= 4 is 11.3 Å². The third kappa shape index (κ3) is 1.23. The summed E-state index contributed by atoms with van der Waals surface area (Å²) in [5, 5.41) is 19.1. The van der Waals surface area contributed by atoms with E-state index >= 15 is 0 Å². The van der Waals surface area contributed by atoms with Crippen molar-refractivity contribution in [3.8, 4) is 6.07 Å². The van der Waals surface area contributed by atoms with E-state index in [1.54, 1.807) is 5.38 Å². The third-order valence-electron chi connectivity index (χ3n) is 1.79. The first-order valence-corrected chi connectivity index (χ1v) is 4.48. The number of ether oxygens (including phenoxy) is 1. The maximum atomic E-state index is 8.72. The summed E-state index contributed by atoms with van der Waals surface area (Å²) in [4.78, 5) is 1.03. The number of nitriles is 1. The molecule has 2 unspecified atom stereocenters. The van der Waals surface area contributed by atoms with Crippen molar-refractivity contribution in [2.45, 2.75) is 12.2 Å². The molecule has 2 heterocycles. The Kier molecular flexibility index (Phi) is 1.85. The predicted octanol–water partition coefficient (Wildman–Crippen LogP) is 1.05. The molecule has 0 saturated carbocycles. The van der Waals surface area contributed by atoms with E-state index in [0.717, 1.165) is 4.88 Å². The van der Waals surface area contributed by atoms with E-state index in [1.807, 2.05) is 6.07 Å². The van der Waals surface area contributed by atoms with Crippen LogP contribution in [-0.4, -0.2) is 17.8 Å². The van der Waals surface area contributed by atoms with Crippen LogP contribution in [0.1, 0.15) is 16.5 Å². The number of aliphatic hydroxyl groups excluding tert-OH is 1. The molecule has 1 aromatic rings. The number of hydrogen-bond donors (Lipinski definition) is 1. The lowest BCUT2D eigenvalue weighted by Gasteiger charge is -1.83. The Hall–Kier alpha value is -0.890. The molecular formula is C8H7NO2S. The third-order valence-corrected chi connectivity index (χ3v) is 2.79. The lowest BCUT2D eigenvalue weighted by molar-refractivity contribution is 0.242. The van der Waals surface area contributed by atoms with Gasteiger partial charge in [-0.25, -0.2) is 0 Å². The van der Waals surface area contributed by atoms with Gasteiger partial charge in [0, 0.05) is 10.3 Å². The molecule has 3 nitrogen and oxygen atoms in total. The van der Waals surface area contributed by atoms with Crippen LogP contribution in [0, 0.1) is 11.3 Å². The molecule has 0 aromatic carbocycles. The van der Waals surface area contributed by atoms with E-state index in [2.05, 4.69) is 6.07 Å². The molecular weight excluding hydrogens is 174 g/mol. The zero-order valence-corrected chi connectivity index (χ0v) is 7.04. The Morgan fingerprint density at radius 2 is 2.58 bits per heavy atom. The molecule has 1 fully saturated rings. The van der Waals surface area contributed by atoms with Crippen LogP contribution in [0.25, 0.3) is 0 Å². The molecule has 2 rings (SSSR count). The molecule has 0 bridgehead atoms. The molecule has 0 spiro atoms. The molecule has 0 aliphatic carbocycles. The molecule has 1 N–H and O–H groups in total. The summed E-state index contributed by atoms with van der Waals surface area (Å²) in [5.74, 6) is 0. The maximum absolute atomic E-state index is 8.72. The largest absolute Gasteiger partial charge is 0.394 e. The first-order valence-electron chi connectivity index (χ1n) is 3.60. The second-order valence-electron chi connectivity index (χ2n) is 2.63. The van der Waals surface area contributed by atoms with Crippen LogP contribution in [0.2, 0.25) is 0 Å². The lowest BCUT2D eigenvalue weighted by Crippen LogP contribution is -1.92. The van der Waals surface area contributed by atoms with Gasteiger partial charge in [0.15, 0.2) is 0 Å². The van der Waals surface area contributed by atoms with Crippen molar-refractivity contribution in [3.05, 3.63) is 21.9 Å². The van der Waals surface area contributed by atoms with Crippen LogP contribution in [0.4, 0.5) is 0 Å². The van der Waals surface area contributed by atoms with Crippen LogP contribution in [0.5, 0.6) is 0 Å². The number of rotatable bonds is 2. The molecule has 12 heavy (non-hydrogen) atoms. The van der Waals surface area contributed by atoms with Gasteiger partial charge in [0.2, 0.25) is 0 Å². The van der Waals surface area contributed by atoms with Gasteiger partial charge in [-0.1, -0.05) is 0 Å². The van der Waals surface area contributed by atoms with Gasteiger partial charge in [0.25, 0.3) is 0 Å². The van der Waals surface area contributed by atoms with Gasteiger partial charge in [-0.2, -0.15) is 5.26 Å². The van der Waals surface area contributed by atoms with Crippen LogP contribution in [-0.2, 0) is 4.74 Å². The maximum Gasteiger partial charge on any atom is 0.121 e. The van der Waals surface area contributed by atoms with E-state index in [0.29, 0.717) is 5.56 Å². The number of hydrogen-bond acceptors (Lipinski definition) is 4. The zero-order valence-electron chi connectivity index (χ0n) is 6.23. The minimum atomic E-state index is -0.0461. The molecule has 1 aliphatic rings. The summed E-state index contributed by atoms with van der Waals surface area (Å²) in [6, 6.07) is 3.87. The second kappa shape index (κ2) is 2.87. The van der Waals surface area contributed by atoms with Gasteiger partial charge in [-0.15, -0.1) is 11.3 Å². The van der Waals surface area contributed by atoms with Crippen molar-refractivity contribution < 1.29 is 9.84 Å². The standard InChI is InChI=1S/C8H7NO2S/c9-2-5-1-7(12-4-5)8-6(3-10)11-8/h1,4,6,8,10H,3H2. The summed E-state index contributed by atoms with van der Waals surface area (Å²) >= 11 is 1.51. The van der Waals surface area contributed by atoms with Crippen molar-refractivity contribution in [2.75, 3.05) is 6.61 Å². The number of nitrogens with zero attached hydrogens (tertiary/aromatic N) is 1. The van der Waals surface area contributed by atoms with Crippen molar-refractivity contribution in [1.82, 2.24) is 0 Å². The summed E-state index contributed by atoms with van der Waals surface area (Å²) in [7, 11) is 0. The summed E-state index contributed by atoms with van der Waals surface area (Å²) in [6.07, 6.45) is -0.0164. The fourth-order valence-corrected chi connectivity index (χ4v) is 2.01. The van der Waals surface area contributed by atoms with Crippen LogP contribution in [0.3, 0.4) is 0 Å². The molecule has 1 aromatic heterocycles. The van der Waals surface area contributed by atoms with E-state index < -0.39 is 0 Å². The average molecular weight is 181 g/mol. The fraction of sp³-hybridized carbons (Fsp3) is 0.375. The summed E-state index contributed by atoms with van der Waals surface area (Å²) in [6.45, 7) is 0.0600. The van der Waals surface area contributed by atoms with Gasteiger partial charge in [0.05, 0.1) is 12.2 Å². The van der Waals surface area contributed by atoms with Gasteiger partial charge in [-0.3, -0.25) is 0 Å². The quantitative estimate of drug-likeness (QED) is 0.694. The van der Waals surface area contributed by atoms with E-state index in [-0.39, 0.29) is 18.8 Å². The Morgan fingerprint density at radius 3 is 3.08 bits per heavy atom. The van der Waals surface area contributed by atoms with Crippen molar-refractivity contribution in [2.24, 2.45) is 0 Å². The highest BCUT2D eigenvalue weighted by atomic mass is 32.1. The smallest absolute Gasteiger partial charge is 0.121 e. The highest BCUT2D eigenvalue weighted by Gasteiger charge is 2.40. The number of thiophene rings is 1. The van der Waals surface area contributed by atoms with Gasteiger partial charge < -0.3 is 9.84 Å². The van der Waals surface area contributed by atoms with E-state index in [4.69, 9.17) is 15.1 Å². The highest BCUT2D eigenvalue weighted by molar-refractivity contribution is 7.10. The van der Waals surface area contributed by atoms with Gasteiger partial charge >= 0.3 is 0 Å². The van der Waals surface area contributed by atoms with Crippen LogP contribution in [0.15, 0.2) is 11.4 Å². The normalized spacial score (nSPS) is 26.7. The number of epoxide rings is 1. The lowest BCUT2D eigenvalue weighted by atomic mass is 10.2. The van der Waals surface area contributed by atoms with Gasteiger partial charge in [-0.05, 0) is 6.07 Å². The van der Waals surface area contributed by atoms with Crippen molar-refractivity contribution in [3.63, 3.8) is 0 Å². The second-order valence-corrected chi connectivity index (χ2v) is 3.57. The molecule has 0 amide bonds. The Bertz CT molecular complexity index is 328. The SMILES string of the molecule is N#Cc1csc(C2OC2CO)c1. The minimum Gasteiger partial charge on any atom is -0.394 e. The topological polar surface area (TPSA) is 56.5 Å². The molecule has 1 saturated heterocycles. The van der Waals surface area contributed by atoms with E-state index in [9.17, 15) is 0 Å². The zero-order chi connectivity index (χ0) is 8.55. The van der Waals surface area contributed by atoms with Crippen LogP contribution >= 0.6 is 11.3 Å². The molecule has 62 valence electrons. The molecule has 2 atom stereocenters. The average Bonchev–Trinajstić information content (AvgIpc) is 2.75. The molecule has 4 heteroatoms. The van der Waals surface area contributed by atoms with Crippen LogP contribution < -0.4 is 0 Å². The Morgan fingerprint density at radius 1 is 1.75 bits per heavy atom. The number of aliphatic hydroxyl groups is 1. The summed E-state index contributed by atoms with van der Waals surface area (Å²) in [5.41, 5.74) is 0.669. The molecule has 0 radical (unpaired) electrons. The van der Waals surface area contributed by atoms with E-state index in [1.165, 1.54) is 11.3 Å².